The van der Waals surface area contributed by atoms with Crippen LogP contribution < -0.4 is 14.8 Å². The molecule has 0 aliphatic heterocycles. The van der Waals surface area contributed by atoms with E-state index in [9.17, 15) is 9.59 Å². The lowest BCUT2D eigenvalue weighted by Gasteiger charge is -2.15. The molecule has 1 heterocycles. The molecule has 168 valence electrons. The molecule has 2 aromatic carbocycles. The molecule has 1 N–H and O–H groups in total. The Hall–Kier alpha value is -3.52. The van der Waals surface area contributed by atoms with Crippen LogP contribution in [0.4, 0.5) is 5.69 Å². The molecule has 0 saturated heterocycles. The molecule has 1 amide bonds. The lowest BCUT2D eigenvalue weighted by atomic mass is 10.2. The predicted octanol–water partition coefficient (Wildman–Crippen LogP) is 4.09. The van der Waals surface area contributed by atoms with Gasteiger partial charge in [0.25, 0.3) is 5.91 Å². The van der Waals surface area contributed by atoms with Crippen molar-refractivity contribution in [2.24, 2.45) is 0 Å². The van der Waals surface area contributed by atoms with Crippen molar-refractivity contribution in [2.45, 2.75) is 26.5 Å². The van der Waals surface area contributed by atoms with Crippen LogP contribution in [0, 0.1) is 6.92 Å². The van der Waals surface area contributed by atoms with Gasteiger partial charge in [0.05, 0.1) is 26.5 Å². The SMILES string of the molecule is COc1ccc(NC(=O)C(C)OC(=O)c2c(C)nn(Cc3ccccc3)c2Cl)cc1OC. The van der Waals surface area contributed by atoms with E-state index in [1.807, 2.05) is 30.3 Å². The summed E-state index contributed by atoms with van der Waals surface area (Å²) in [6.07, 6.45) is -1.07. The third-order valence-electron chi connectivity index (χ3n) is 4.75. The van der Waals surface area contributed by atoms with E-state index in [1.54, 1.807) is 25.1 Å². The molecule has 0 spiro atoms. The van der Waals surface area contributed by atoms with Gasteiger partial charge >= 0.3 is 5.97 Å². The minimum atomic E-state index is -1.07. The first-order chi connectivity index (χ1) is 15.3. The highest BCUT2D eigenvalue weighted by Crippen LogP contribution is 2.30. The molecule has 0 radical (unpaired) electrons. The summed E-state index contributed by atoms with van der Waals surface area (Å²) < 4.78 is 17.3. The Morgan fingerprint density at radius 2 is 1.78 bits per heavy atom. The zero-order valence-electron chi connectivity index (χ0n) is 18.2. The highest BCUT2D eigenvalue weighted by molar-refractivity contribution is 6.32. The van der Waals surface area contributed by atoms with Gasteiger partial charge in [-0.15, -0.1) is 0 Å². The Morgan fingerprint density at radius 1 is 1.09 bits per heavy atom. The van der Waals surface area contributed by atoms with Crippen molar-refractivity contribution in [1.82, 2.24) is 9.78 Å². The number of halogens is 1. The van der Waals surface area contributed by atoms with Crippen LogP contribution in [0.25, 0.3) is 0 Å². The second-order valence-electron chi connectivity index (χ2n) is 7.00. The van der Waals surface area contributed by atoms with E-state index in [-0.39, 0.29) is 10.7 Å². The number of hydrogen-bond acceptors (Lipinski definition) is 6. The summed E-state index contributed by atoms with van der Waals surface area (Å²) in [6.45, 7) is 3.55. The van der Waals surface area contributed by atoms with Gasteiger partial charge in [0.15, 0.2) is 17.6 Å². The molecule has 8 nitrogen and oxygen atoms in total. The number of aryl methyl sites for hydroxylation is 1. The average molecular weight is 458 g/mol. The number of nitrogens with one attached hydrogen (secondary N) is 1. The van der Waals surface area contributed by atoms with Crippen LogP contribution in [0.3, 0.4) is 0 Å². The molecule has 1 unspecified atom stereocenters. The van der Waals surface area contributed by atoms with E-state index in [4.69, 9.17) is 25.8 Å². The quantitative estimate of drug-likeness (QED) is 0.512. The average Bonchev–Trinajstić information content (AvgIpc) is 3.06. The third-order valence-corrected chi connectivity index (χ3v) is 5.13. The monoisotopic (exact) mass is 457 g/mol. The summed E-state index contributed by atoms with van der Waals surface area (Å²) in [6, 6.07) is 14.5. The smallest absolute Gasteiger partial charge is 0.343 e. The first kappa shape index (κ1) is 23.1. The molecular formula is C23H24ClN3O5. The van der Waals surface area contributed by atoms with Crippen LogP contribution >= 0.6 is 11.6 Å². The molecule has 0 aliphatic rings. The molecule has 1 atom stereocenters. The number of hydrogen-bond donors (Lipinski definition) is 1. The van der Waals surface area contributed by atoms with Crippen LogP contribution in [0.2, 0.25) is 5.15 Å². The van der Waals surface area contributed by atoms with Crippen molar-refractivity contribution in [3.63, 3.8) is 0 Å². The van der Waals surface area contributed by atoms with E-state index < -0.39 is 18.0 Å². The van der Waals surface area contributed by atoms with Crippen molar-refractivity contribution in [2.75, 3.05) is 19.5 Å². The second-order valence-corrected chi connectivity index (χ2v) is 7.36. The van der Waals surface area contributed by atoms with E-state index in [0.29, 0.717) is 29.4 Å². The fourth-order valence-electron chi connectivity index (χ4n) is 3.08. The molecule has 1 aromatic heterocycles. The summed E-state index contributed by atoms with van der Waals surface area (Å²) in [5, 5.41) is 7.18. The molecule has 9 heteroatoms. The van der Waals surface area contributed by atoms with Crippen molar-refractivity contribution in [1.29, 1.82) is 0 Å². The normalized spacial score (nSPS) is 11.5. The summed E-state index contributed by atoms with van der Waals surface area (Å²) in [7, 11) is 3.02. The van der Waals surface area contributed by atoms with Gasteiger partial charge < -0.3 is 19.5 Å². The minimum Gasteiger partial charge on any atom is -0.493 e. The number of benzene rings is 2. The van der Waals surface area contributed by atoms with Gasteiger partial charge in [0.2, 0.25) is 0 Å². The fourth-order valence-corrected chi connectivity index (χ4v) is 3.39. The number of methoxy groups -OCH3 is 2. The maximum absolute atomic E-state index is 12.7. The number of ether oxygens (including phenoxy) is 3. The van der Waals surface area contributed by atoms with Crippen molar-refractivity contribution in [3.8, 4) is 11.5 Å². The molecule has 0 fully saturated rings. The molecule has 32 heavy (non-hydrogen) atoms. The number of nitrogens with zero attached hydrogens (tertiary/aromatic N) is 2. The van der Waals surface area contributed by atoms with Gasteiger partial charge in [-0.25, -0.2) is 9.48 Å². The predicted molar refractivity (Wildman–Crippen MR) is 121 cm³/mol. The Kier molecular flexibility index (Phi) is 7.37. The van der Waals surface area contributed by atoms with Gasteiger partial charge in [-0.1, -0.05) is 41.9 Å². The highest BCUT2D eigenvalue weighted by atomic mass is 35.5. The van der Waals surface area contributed by atoms with Crippen molar-refractivity contribution in [3.05, 3.63) is 70.5 Å². The number of amides is 1. The number of esters is 1. The van der Waals surface area contributed by atoms with Crippen LogP contribution in [0.1, 0.15) is 28.5 Å². The lowest BCUT2D eigenvalue weighted by Crippen LogP contribution is -2.30. The standard InChI is InChI=1S/C23H24ClN3O5/c1-14-20(21(24)27(26-14)13-16-8-6-5-7-9-16)23(29)32-15(2)22(28)25-17-10-11-18(30-3)19(12-17)31-4/h5-12,15H,13H2,1-4H3,(H,25,28). The Balaban J connectivity index is 1.68. The van der Waals surface area contributed by atoms with Crippen LogP contribution in [0.5, 0.6) is 11.5 Å². The molecule has 0 bridgehead atoms. The molecule has 0 saturated carbocycles. The topological polar surface area (TPSA) is 91.7 Å². The Bertz CT molecular complexity index is 1110. The van der Waals surface area contributed by atoms with E-state index in [1.165, 1.54) is 25.8 Å². The van der Waals surface area contributed by atoms with Gasteiger partial charge in [0, 0.05) is 11.8 Å². The molecular weight excluding hydrogens is 434 g/mol. The van der Waals surface area contributed by atoms with Gasteiger partial charge in [-0.2, -0.15) is 5.10 Å². The maximum Gasteiger partial charge on any atom is 0.343 e. The fraction of sp³-hybridized carbons (Fsp3) is 0.261. The summed E-state index contributed by atoms with van der Waals surface area (Å²) >= 11 is 6.40. The third kappa shape index (κ3) is 5.20. The first-order valence-electron chi connectivity index (χ1n) is 9.84. The molecule has 3 rings (SSSR count). The molecule has 3 aromatic rings. The Labute approximate surface area is 191 Å². The van der Waals surface area contributed by atoms with Crippen LogP contribution in [-0.2, 0) is 16.1 Å². The second kappa shape index (κ2) is 10.2. The summed E-state index contributed by atoms with van der Waals surface area (Å²) in [4.78, 5) is 25.3. The lowest BCUT2D eigenvalue weighted by molar-refractivity contribution is -0.123. The van der Waals surface area contributed by atoms with Gasteiger partial charge in [-0.3, -0.25) is 4.79 Å². The van der Waals surface area contributed by atoms with E-state index in [0.717, 1.165) is 5.56 Å². The van der Waals surface area contributed by atoms with E-state index >= 15 is 0 Å². The number of rotatable bonds is 8. The first-order valence-corrected chi connectivity index (χ1v) is 10.2. The largest absolute Gasteiger partial charge is 0.493 e. The Morgan fingerprint density at radius 3 is 2.44 bits per heavy atom. The van der Waals surface area contributed by atoms with Crippen molar-refractivity contribution < 1.29 is 23.8 Å². The zero-order chi connectivity index (χ0) is 23.3. The van der Waals surface area contributed by atoms with Crippen LogP contribution in [0.15, 0.2) is 48.5 Å². The van der Waals surface area contributed by atoms with Crippen LogP contribution in [-0.4, -0.2) is 42.0 Å². The number of carbonyl (C=O) groups excluding carboxylic acids is 2. The number of aromatic nitrogens is 2. The zero-order valence-corrected chi connectivity index (χ0v) is 19.0. The van der Waals surface area contributed by atoms with E-state index in [2.05, 4.69) is 10.4 Å². The van der Waals surface area contributed by atoms with Gasteiger partial charge in [0.1, 0.15) is 10.7 Å². The number of anilines is 1. The number of carbonyl (C=O) groups is 2. The van der Waals surface area contributed by atoms with Gasteiger partial charge in [-0.05, 0) is 31.5 Å². The molecule has 0 aliphatic carbocycles. The minimum absolute atomic E-state index is 0.133. The summed E-state index contributed by atoms with van der Waals surface area (Å²) in [5.41, 5.74) is 2.01. The summed E-state index contributed by atoms with van der Waals surface area (Å²) in [5.74, 6) is -0.233. The highest BCUT2D eigenvalue weighted by Gasteiger charge is 2.26. The van der Waals surface area contributed by atoms with Crippen molar-refractivity contribution >= 4 is 29.2 Å². The maximum atomic E-state index is 12.7.